The van der Waals surface area contributed by atoms with Crippen LogP contribution in [-0.2, 0) is 0 Å². The van der Waals surface area contributed by atoms with Crippen molar-refractivity contribution in [3.63, 3.8) is 0 Å². The minimum atomic E-state index is 0.907. The molecule has 0 nitrogen and oxygen atoms in total. The van der Waals surface area contributed by atoms with Crippen molar-refractivity contribution in [2.45, 2.75) is 39.5 Å². The van der Waals surface area contributed by atoms with Crippen molar-refractivity contribution >= 4 is 0 Å². The van der Waals surface area contributed by atoms with E-state index >= 15 is 0 Å². The Morgan fingerprint density at radius 2 is 2.20 bits per heavy atom. The van der Waals surface area contributed by atoms with Crippen LogP contribution in [-0.4, -0.2) is 0 Å². The molecule has 58 valence electrons. The summed E-state index contributed by atoms with van der Waals surface area (Å²) in [5.41, 5.74) is 1.48. The molecule has 1 fully saturated rings. The van der Waals surface area contributed by atoms with E-state index in [9.17, 15) is 0 Å². The summed E-state index contributed by atoms with van der Waals surface area (Å²) in [4.78, 5) is 0. The fourth-order valence-electron chi connectivity index (χ4n) is 1.70. The Hall–Kier alpha value is -0.260. The van der Waals surface area contributed by atoms with Gasteiger partial charge in [-0.25, -0.2) is 0 Å². The minimum absolute atomic E-state index is 0.907. The van der Waals surface area contributed by atoms with Gasteiger partial charge >= 0.3 is 0 Å². The van der Waals surface area contributed by atoms with Crippen molar-refractivity contribution in [2.75, 3.05) is 0 Å². The quantitative estimate of drug-likeness (QED) is 0.522. The zero-order valence-electron chi connectivity index (χ0n) is 7.19. The van der Waals surface area contributed by atoms with Crippen molar-refractivity contribution in [3.8, 4) is 0 Å². The van der Waals surface area contributed by atoms with Gasteiger partial charge in [0.05, 0.1) is 0 Å². The van der Waals surface area contributed by atoms with Crippen LogP contribution in [0.15, 0.2) is 12.2 Å². The highest BCUT2D eigenvalue weighted by Gasteiger charge is 2.36. The van der Waals surface area contributed by atoms with Crippen LogP contribution in [0.2, 0.25) is 0 Å². The average molecular weight is 138 g/mol. The van der Waals surface area contributed by atoms with Gasteiger partial charge in [0.2, 0.25) is 0 Å². The zero-order valence-corrected chi connectivity index (χ0v) is 7.19. The van der Waals surface area contributed by atoms with Gasteiger partial charge in [-0.15, -0.1) is 0 Å². The topological polar surface area (TPSA) is 0 Å². The van der Waals surface area contributed by atoms with Gasteiger partial charge in [-0.05, 0) is 24.7 Å². The third kappa shape index (κ3) is 1.62. The van der Waals surface area contributed by atoms with E-state index in [1.807, 2.05) is 0 Å². The highest BCUT2D eigenvalue weighted by Crippen LogP contribution is 2.47. The van der Waals surface area contributed by atoms with Crippen LogP contribution in [0.25, 0.3) is 0 Å². The molecule has 1 aliphatic rings. The molecule has 2 atom stereocenters. The Bertz CT molecular complexity index is 124. The molecule has 0 heteroatoms. The molecule has 1 aliphatic carbocycles. The fourth-order valence-corrected chi connectivity index (χ4v) is 1.70. The molecule has 1 saturated carbocycles. The lowest BCUT2D eigenvalue weighted by Gasteiger charge is -1.98. The van der Waals surface area contributed by atoms with Crippen molar-refractivity contribution in [1.29, 1.82) is 0 Å². The first kappa shape index (κ1) is 7.84. The summed E-state index contributed by atoms with van der Waals surface area (Å²) >= 11 is 0. The van der Waals surface area contributed by atoms with Crippen LogP contribution in [0.5, 0.6) is 0 Å². The molecular weight excluding hydrogens is 120 g/mol. The van der Waals surface area contributed by atoms with Gasteiger partial charge < -0.3 is 0 Å². The van der Waals surface area contributed by atoms with Gasteiger partial charge in [-0.1, -0.05) is 38.8 Å². The second-order valence-electron chi connectivity index (χ2n) is 3.40. The van der Waals surface area contributed by atoms with E-state index in [-0.39, 0.29) is 0 Å². The van der Waals surface area contributed by atoms with Crippen LogP contribution in [0, 0.1) is 11.8 Å². The molecular formula is C10H18. The van der Waals surface area contributed by atoms with Crippen LogP contribution in [0.1, 0.15) is 39.5 Å². The lowest BCUT2D eigenvalue weighted by atomic mass is 10.1. The maximum Gasteiger partial charge on any atom is -0.0175 e. The molecule has 1 rings (SSSR count). The molecule has 2 unspecified atom stereocenters. The molecule has 0 aromatic carbocycles. The molecule has 0 aromatic heterocycles. The Morgan fingerprint density at radius 3 is 2.70 bits per heavy atom. The first-order valence-corrected chi connectivity index (χ1v) is 4.47. The van der Waals surface area contributed by atoms with Gasteiger partial charge in [0.1, 0.15) is 0 Å². The van der Waals surface area contributed by atoms with Gasteiger partial charge in [-0.2, -0.15) is 0 Å². The van der Waals surface area contributed by atoms with Gasteiger partial charge in [0, 0.05) is 0 Å². The molecule has 0 spiro atoms. The van der Waals surface area contributed by atoms with E-state index in [4.69, 9.17) is 0 Å². The Morgan fingerprint density at radius 1 is 1.50 bits per heavy atom. The lowest BCUT2D eigenvalue weighted by Crippen LogP contribution is -1.85. The highest BCUT2D eigenvalue weighted by molar-refractivity contribution is 5.10. The van der Waals surface area contributed by atoms with E-state index in [1.54, 1.807) is 0 Å². The smallest absolute Gasteiger partial charge is 0.0175 e. The molecule has 0 bridgehead atoms. The second-order valence-corrected chi connectivity index (χ2v) is 3.40. The van der Waals surface area contributed by atoms with Crippen LogP contribution in [0.3, 0.4) is 0 Å². The molecule has 0 radical (unpaired) electrons. The SMILES string of the molecule is C=C(CC)C1CC1CCC. The summed E-state index contributed by atoms with van der Waals surface area (Å²) in [6.07, 6.45) is 5.38. The normalized spacial score (nSPS) is 30.2. The van der Waals surface area contributed by atoms with Crippen LogP contribution < -0.4 is 0 Å². The molecule has 0 N–H and O–H groups in total. The number of allylic oxidation sites excluding steroid dienone is 1. The maximum atomic E-state index is 4.07. The average Bonchev–Trinajstić information content (AvgIpc) is 2.67. The van der Waals surface area contributed by atoms with E-state index in [0.717, 1.165) is 11.8 Å². The summed E-state index contributed by atoms with van der Waals surface area (Å²) in [6.45, 7) is 8.55. The Balaban J connectivity index is 2.18. The summed E-state index contributed by atoms with van der Waals surface area (Å²) in [5, 5.41) is 0. The lowest BCUT2D eigenvalue weighted by molar-refractivity contribution is 0.662. The standard InChI is InChI=1S/C10H18/c1-4-6-9-7-10(9)8(3)5-2/h9-10H,3-7H2,1-2H3. The highest BCUT2D eigenvalue weighted by atomic mass is 14.4. The van der Waals surface area contributed by atoms with E-state index in [1.165, 1.54) is 31.3 Å². The summed E-state index contributed by atoms with van der Waals surface area (Å²) in [6, 6.07) is 0. The van der Waals surface area contributed by atoms with Crippen LogP contribution in [0.4, 0.5) is 0 Å². The largest absolute Gasteiger partial charge is 0.0996 e. The third-order valence-electron chi connectivity index (χ3n) is 2.56. The van der Waals surface area contributed by atoms with Gasteiger partial charge in [0.25, 0.3) is 0 Å². The molecule has 0 aromatic rings. The Labute approximate surface area is 64.3 Å². The second kappa shape index (κ2) is 3.23. The first-order valence-electron chi connectivity index (χ1n) is 4.47. The van der Waals surface area contributed by atoms with Crippen molar-refractivity contribution in [1.82, 2.24) is 0 Å². The van der Waals surface area contributed by atoms with Crippen LogP contribution >= 0.6 is 0 Å². The third-order valence-corrected chi connectivity index (χ3v) is 2.56. The summed E-state index contributed by atoms with van der Waals surface area (Å²) < 4.78 is 0. The van der Waals surface area contributed by atoms with Gasteiger partial charge in [0.15, 0.2) is 0 Å². The first-order chi connectivity index (χ1) is 4.79. The van der Waals surface area contributed by atoms with E-state index < -0.39 is 0 Å². The van der Waals surface area contributed by atoms with E-state index in [2.05, 4.69) is 20.4 Å². The van der Waals surface area contributed by atoms with Gasteiger partial charge in [-0.3, -0.25) is 0 Å². The molecule has 0 saturated heterocycles. The molecule has 0 aliphatic heterocycles. The zero-order chi connectivity index (χ0) is 7.56. The Kier molecular flexibility index (Phi) is 2.53. The molecule has 0 amide bonds. The minimum Gasteiger partial charge on any atom is -0.0996 e. The predicted molar refractivity (Wildman–Crippen MR) is 45.9 cm³/mol. The number of rotatable bonds is 4. The van der Waals surface area contributed by atoms with E-state index in [0.29, 0.717) is 0 Å². The monoisotopic (exact) mass is 138 g/mol. The number of hydrogen-bond acceptors (Lipinski definition) is 0. The van der Waals surface area contributed by atoms with Crippen molar-refractivity contribution < 1.29 is 0 Å². The van der Waals surface area contributed by atoms with Crippen molar-refractivity contribution in [3.05, 3.63) is 12.2 Å². The summed E-state index contributed by atoms with van der Waals surface area (Å²) in [5.74, 6) is 1.92. The molecule has 0 heterocycles. The van der Waals surface area contributed by atoms with Crippen molar-refractivity contribution in [2.24, 2.45) is 11.8 Å². The maximum absolute atomic E-state index is 4.07. The molecule has 10 heavy (non-hydrogen) atoms. The number of hydrogen-bond donors (Lipinski definition) is 0. The predicted octanol–water partition coefficient (Wildman–Crippen LogP) is 3.39. The summed E-state index contributed by atoms with van der Waals surface area (Å²) in [7, 11) is 0. The fraction of sp³-hybridized carbons (Fsp3) is 0.800.